The number of carbonyl (C=O) groups excluding carboxylic acids is 2. The van der Waals surface area contributed by atoms with Crippen molar-refractivity contribution in [1.29, 1.82) is 0 Å². The first-order valence-electron chi connectivity index (χ1n) is 10.2. The van der Waals surface area contributed by atoms with Crippen LogP contribution in [0.15, 0.2) is 42.7 Å². The molecule has 0 saturated carbocycles. The zero-order chi connectivity index (χ0) is 20.7. The number of amides is 2. The number of fused-ring (bicyclic) bond motifs is 1. The monoisotopic (exact) mass is 402 g/mol. The third kappa shape index (κ3) is 3.34. The van der Waals surface area contributed by atoms with E-state index in [0.717, 1.165) is 29.8 Å². The molecule has 0 radical (unpaired) electrons. The second-order valence-corrected chi connectivity index (χ2v) is 7.95. The molecule has 152 valence electrons. The highest BCUT2D eigenvalue weighted by Gasteiger charge is 2.35. The minimum Gasteiger partial charge on any atom is -0.325 e. The van der Waals surface area contributed by atoms with E-state index in [0.29, 0.717) is 12.2 Å². The number of nitrogens with zero attached hydrogens (tertiary/aromatic N) is 5. The van der Waals surface area contributed by atoms with Crippen molar-refractivity contribution in [3.63, 3.8) is 0 Å². The molecule has 1 unspecified atom stereocenters. The largest absolute Gasteiger partial charge is 0.325 e. The number of carbonyl (C=O) groups is 2. The first-order chi connectivity index (χ1) is 14.6. The molecule has 1 fully saturated rings. The van der Waals surface area contributed by atoms with Gasteiger partial charge in [0.05, 0.1) is 11.6 Å². The third-order valence-electron chi connectivity index (χ3n) is 5.98. The molecule has 8 heteroatoms. The fraction of sp³-hybridized carbons (Fsp3) is 0.318. The molecule has 1 aliphatic heterocycles. The Kier molecular flexibility index (Phi) is 4.54. The summed E-state index contributed by atoms with van der Waals surface area (Å²) < 4.78 is 1.53. The number of anilines is 2. The number of aromatic nitrogens is 4. The highest BCUT2D eigenvalue weighted by atomic mass is 16.2. The smallest absolute Gasteiger partial charge is 0.229 e. The molecule has 30 heavy (non-hydrogen) atoms. The Morgan fingerprint density at radius 2 is 1.93 bits per heavy atom. The molecule has 5 rings (SSSR count). The highest BCUT2D eigenvalue weighted by Crippen LogP contribution is 2.31. The highest BCUT2D eigenvalue weighted by molar-refractivity contribution is 6.03. The number of tetrazole rings is 1. The standard InChI is InChI=1S/C22H22N6O2/c1-14-5-7-19(28-13-23-25-26-28)11-20(14)24-22(30)17-10-21(29)27(12-17)18-8-6-15-3-2-4-16(15)9-18/h5-9,11,13,17H,2-4,10,12H2,1H3,(H,24,30). The summed E-state index contributed by atoms with van der Waals surface area (Å²) in [4.78, 5) is 27.3. The zero-order valence-electron chi connectivity index (χ0n) is 16.7. The number of rotatable bonds is 4. The quantitative estimate of drug-likeness (QED) is 0.724. The van der Waals surface area contributed by atoms with Crippen LogP contribution >= 0.6 is 0 Å². The topological polar surface area (TPSA) is 93.0 Å². The van der Waals surface area contributed by atoms with Crippen LogP contribution in [0.5, 0.6) is 0 Å². The predicted octanol–water partition coefficient (Wildman–Crippen LogP) is 2.45. The molecular weight excluding hydrogens is 380 g/mol. The third-order valence-corrected chi connectivity index (χ3v) is 5.98. The Bertz CT molecular complexity index is 1120. The minimum absolute atomic E-state index is 0.00717. The van der Waals surface area contributed by atoms with Gasteiger partial charge in [0.15, 0.2) is 0 Å². The lowest BCUT2D eigenvalue weighted by Crippen LogP contribution is -2.28. The molecule has 2 aromatic carbocycles. The zero-order valence-corrected chi connectivity index (χ0v) is 16.7. The lowest BCUT2D eigenvalue weighted by atomic mass is 10.1. The van der Waals surface area contributed by atoms with E-state index in [1.165, 1.54) is 28.6 Å². The maximum absolute atomic E-state index is 12.9. The van der Waals surface area contributed by atoms with Crippen molar-refractivity contribution in [2.45, 2.75) is 32.6 Å². The maximum atomic E-state index is 12.9. The Morgan fingerprint density at radius 1 is 1.10 bits per heavy atom. The molecule has 0 bridgehead atoms. The van der Waals surface area contributed by atoms with E-state index >= 15 is 0 Å². The van der Waals surface area contributed by atoms with Crippen LogP contribution in [0.3, 0.4) is 0 Å². The van der Waals surface area contributed by atoms with Crippen molar-refractivity contribution in [3.05, 3.63) is 59.4 Å². The molecule has 1 atom stereocenters. The summed E-state index contributed by atoms with van der Waals surface area (Å²) in [5.41, 5.74) is 5.97. The molecule has 1 N–H and O–H groups in total. The van der Waals surface area contributed by atoms with Gasteiger partial charge in [0, 0.05) is 24.3 Å². The van der Waals surface area contributed by atoms with E-state index in [1.54, 1.807) is 4.90 Å². The van der Waals surface area contributed by atoms with Gasteiger partial charge in [0.1, 0.15) is 6.33 Å². The first kappa shape index (κ1) is 18.5. The minimum atomic E-state index is -0.387. The lowest BCUT2D eigenvalue weighted by molar-refractivity contribution is -0.122. The summed E-state index contributed by atoms with van der Waals surface area (Å²) in [5, 5.41) is 14.2. The van der Waals surface area contributed by atoms with E-state index in [2.05, 4.69) is 33.0 Å². The number of aryl methyl sites for hydroxylation is 3. The van der Waals surface area contributed by atoms with Gasteiger partial charge in [-0.15, -0.1) is 5.10 Å². The van der Waals surface area contributed by atoms with Crippen LogP contribution in [0.4, 0.5) is 11.4 Å². The molecule has 1 aliphatic carbocycles. The van der Waals surface area contributed by atoms with Gasteiger partial charge in [0.2, 0.25) is 11.8 Å². The van der Waals surface area contributed by atoms with Gasteiger partial charge in [0.25, 0.3) is 0 Å². The number of nitrogens with one attached hydrogen (secondary N) is 1. The normalized spacial score (nSPS) is 18.0. The molecule has 0 spiro atoms. The van der Waals surface area contributed by atoms with E-state index < -0.39 is 0 Å². The Hall–Kier alpha value is -3.55. The SMILES string of the molecule is Cc1ccc(-n2cnnn2)cc1NC(=O)C1CC(=O)N(c2ccc3c(c2)CCC3)C1. The molecule has 2 aliphatic rings. The summed E-state index contributed by atoms with van der Waals surface area (Å²) in [7, 11) is 0. The molecule has 2 heterocycles. The van der Waals surface area contributed by atoms with Crippen LogP contribution in [-0.4, -0.2) is 38.6 Å². The summed E-state index contributed by atoms with van der Waals surface area (Å²) in [6.07, 6.45) is 5.06. The number of hydrogen-bond acceptors (Lipinski definition) is 5. The van der Waals surface area contributed by atoms with Crippen molar-refractivity contribution < 1.29 is 9.59 Å². The van der Waals surface area contributed by atoms with Crippen molar-refractivity contribution in [1.82, 2.24) is 20.2 Å². The number of benzene rings is 2. The van der Waals surface area contributed by atoms with Crippen LogP contribution in [0, 0.1) is 12.8 Å². The van der Waals surface area contributed by atoms with Crippen LogP contribution < -0.4 is 10.2 Å². The summed E-state index contributed by atoms with van der Waals surface area (Å²) >= 11 is 0. The fourth-order valence-electron chi connectivity index (χ4n) is 4.26. The van der Waals surface area contributed by atoms with Crippen molar-refractivity contribution in [2.75, 3.05) is 16.8 Å². The van der Waals surface area contributed by atoms with Gasteiger partial charge in [-0.2, -0.15) is 0 Å². The predicted molar refractivity (Wildman–Crippen MR) is 111 cm³/mol. The van der Waals surface area contributed by atoms with Gasteiger partial charge >= 0.3 is 0 Å². The van der Waals surface area contributed by atoms with Crippen LogP contribution in [-0.2, 0) is 22.4 Å². The van der Waals surface area contributed by atoms with Gasteiger partial charge in [-0.25, -0.2) is 4.68 Å². The van der Waals surface area contributed by atoms with Gasteiger partial charge in [-0.3, -0.25) is 9.59 Å². The molecule has 8 nitrogen and oxygen atoms in total. The van der Waals surface area contributed by atoms with Crippen LogP contribution in [0.25, 0.3) is 5.69 Å². The van der Waals surface area contributed by atoms with Gasteiger partial charge in [-0.05, 0) is 77.6 Å². The average molecular weight is 402 g/mol. The van der Waals surface area contributed by atoms with Crippen LogP contribution in [0.1, 0.15) is 29.5 Å². The second-order valence-electron chi connectivity index (χ2n) is 7.95. The molecule has 1 saturated heterocycles. The summed E-state index contributed by atoms with van der Waals surface area (Å²) in [6.45, 7) is 2.32. The first-order valence-corrected chi connectivity index (χ1v) is 10.2. The molecule has 1 aromatic heterocycles. The molecule has 3 aromatic rings. The van der Waals surface area contributed by atoms with E-state index in [4.69, 9.17) is 0 Å². The van der Waals surface area contributed by atoms with Crippen molar-refractivity contribution in [3.8, 4) is 5.69 Å². The van der Waals surface area contributed by atoms with E-state index in [9.17, 15) is 9.59 Å². The summed E-state index contributed by atoms with van der Waals surface area (Å²) in [5.74, 6) is -0.543. The van der Waals surface area contributed by atoms with Crippen LogP contribution in [0.2, 0.25) is 0 Å². The Labute approximate surface area is 173 Å². The lowest BCUT2D eigenvalue weighted by Gasteiger charge is -2.18. The average Bonchev–Trinajstić information content (AvgIpc) is 3.49. The Balaban J connectivity index is 1.32. The fourth-order valence-corrected chi connectivity index (χ4v) is 4.26. The molecular formula is C22H22N6O2. The van der Waals surface area contributed by atoms with Gasteiger partial charge in [-0.1, -0.05) is 12.1 Å². The van der Waals surface area contributed by atoms with Gasteiger partial charge < -0.3 is 10.2 Å². The maximum Gasteiger partial charge on any atom is 0.229 e. The van der Waals surface area contributed by atoms with Crippen molar-refractivity contribution in [2.24, 2.45) is 5.92 Å². The van der Waals surface area contributed by atoms with E-state index in [-0.39, 0.29) is 24.2 Å². The number of hydrogen-bond donors (Lipinski definition) is 1. The van der Waals surface area contributed by atoms with Crippen molar-refractivity contribution >= 4 is 23.2 Å². The van der Waals surface area contributed by atoms with E-state index in [1.807, 2.05) is 31.2 Å². The summed E-state index contributed by atoms with van der Waals surface area (Å²) in [6, 6.07) is 11.9. The second kappa shape index (κ2) is 7.37. The molecule has 2 amide bonds. The Morgan fingerprint density at radius 3 is 2.77 bits per heavy atom.